The minimum absolute atomic E-state index is 0.328. The molecule has 0 unspecified atom stereocenters. The van der Waals surface area contributed by atoms with Crippen molar-refractivity contribution in [3.05, 3.63) is 81.4 Å². The minimum atomic E-state index is 0.328. The molecule has 0 amide bonds. The zero-order valence-corrected chi connectivity index (χ0v) is 31.2. The first kappa shape index (κ1) is 34.7. The van der Waals surface area contributed by atoms with Crippen molar-refractivity contribution in [2.75, 3.05) is 0 Å². The summed E-state index contributed by atoms with van der Waals surface area (Å²) < 4.78 is 13.9. The zero-order chi connectivity index (χ0) is 33.1. The lowest BCUT2D eigenvalue weighted by Crippen LogP contribution is -2.30. The normalized spacial score (nSPS) is 22.2. The first-order chi connectivity index (χ1) is 21.8. The van der Waals surface area contributed by atoms with Gasteiger partial charge in [0, 0.05) is 9.13 Å². The molecule has 0 radical (unpaired) electrons. The quantitative estimate of drug-likeness (QED) is 0.151. The summed E-state index contributed by atoms with van der Waals surface area (Å²) in [5.41, 5.74) is 2.72. The van der Waals surface area contributed by atoms with Crippen molar-refractivity contribution in [3.8, 4) is 11.5 Å². The van der Waals surface area contributed by atoms with Crippen LogP contribution in [-0.4, -0.2) is 18.5 Å². The Labute approximate surface area is 291 Å². The number of carbonyl (C=O) groups is 1. The zero-order valence-electron chi connectivity index (χ0n) is 29.0. The van der Waals surface area contributed by atoms with Crippen LogP contribution in [-0.2, 0) is 0 Å². The van der Waals surface area contributed by atoms with Gasteiger partial charge >= 0.3 is 0 Å². The van der Waals surface area contributed by atoms with E-state index in [1.807, 2.05) is 18.2 Å². The highest BCUT2D eigenvalue weighted by molar-refractivity contribution is 14.1. The molecule has 246 valence electrons. The molecule has 6 rings (SSSR count). The lowest BCUT2D eigenvalue weighted by molar-refractivity contribution is 0.0880. The maximum atomic E-state index is 11.0. The number of fused-ring (bicyclic) bond motifs is 2. The molecule has 0 spiro atoms. The molecule has 3 nitrogen and oxygen atoms in total. The summed E-state index contributed by atoms with van der Waals surface area (Å²) in [4.78, 5) is 11.0. The van der Waals surface area contributed by atoms with Crippen LogP contribution < -0.4 is 9.47 Å². The standard InChI is InChI=1S/C22H28O2.C20H25IO/c1-15-11-20(13-17-6-5-16(14-23)12-21(15)17)24-19-9-7-18(8-10-19)22(2,3)4;1-20(2,3)15-8-10-16(11-9-15)22-17-12-14-6-4-5-7-18(14)19(21)13-17/h5-6,11-14,18-19H,7-10H2,1-4H3;4-7,12-13,15-16H,8-11H2,1-3H3. The fourth-order valence-corrected chi connectivity index (χ4v) is 8.25. The van der Waals surface area contributed by atoms with Crippen molar-refractivity contribution in [2.24, 2.45) is 22.7 Å². The third kappa shape index (κ3) is 8.85. The molecule has 2 saturated carbocycles. The van der Waals surface area contributed by atoms with Gasteiger partial charge < -0.3 is 9.47 Å². The maximum Gasteiger partial charge on any atom is 0.150 e. The van der Waals surface area contributed by atoms with Crippen LogP contribution in [0.1, 0.15) is 109 Å². The van der Waals surface area contributed by atoms with Gasteiger partial charge in [0.05, 0.1) is 12.2 Å². The summed E-state index contributed by atoms with van der Waals surface area (Å²) in [5.74, 6) is 3.63. The molecule has 0 N–H and O–H groups in total. The van der Waals surface area contributed by atoms with E-state index in [1.165, 1.54) is 52.9 Å². The van der Waals surface area contributed by atoms with Crippen molar-refractivity contribution in [2.45, 2.75) is 112 Å². The van der Waals surface area contributed by atoms with E-state index in [4.69, 9.17) is 9.47 Å². The second kappa shape index (κ2) is 14.7. The smallest absolute Gasteiger partial charge is 0.150 e. The molecule has 2 aliphatic carbocycles. The van der Waals surface area contributed by atoms with E-state index in [0.717, 1.165) is 64.4 Å². The van der Waals surface area contributed by atoms with Gasteiger partial charge in [-0.3, -0.25) is 4.79 Å². The Balaban J connectivity index is 0.000000182. The van der Waals surface area contributed by atoms with Crippen LogP contribution in [0.25, 0.3) is 21.5 Å². The lowest BCUT2D eigenvalue weighted by Gasteiger charge is -2.37. The molecule has 2 aliphatic rings. The summed E-state index contributed by atoms with van der Waals surface area (Å²) in [6.45, 7) is 16.2. The van der Waals surface area contributed by atoms with Crippen LogP contribution in [0.15, 0.2) is 66.7 Å². The molecule has 46 heavy (non-hydrogen) atoms. The third-order valence-corrected chi connectivity index (χ3v) is 11.4. The van der Waals surface area contributed by atoms with Crippen molar-refractivity contribution in [1.29, 1.82) is 0 Å². The van der Waals surface area contributed by atoms with Gasteiger partial charge in [0.15, 0.2) is 0 Å². The van der Waals surface area contributed by atoms with Crippen LogP contribution in [0.2, 0.25) is 0 Å². The number of ether oxygens (including phenoxy) is 2. The highest BCUT2D eigenvalue weighted by Crippen LogP contribution is 2.40. The Kier molecular flexibility index (Phi) is 11.1. The number of carbonyl (C=O) groups excluding carboxylic acids is 1. The van der Waals surface area contributed by atoms with Crippen LogP contribution in [0.5, 0.6) is 11.5 Å². The summed E-state index contributed by atoms with van der Waals surface area (Å²) in [5, 5.41) is 4.85. The average Bonchev–Trinajstić information content (AvgIpc) is 3.01. The number of halogens is 1. The van der Waals surface area contributed by atoms with Crippen molar-refractivity contribution in [3.63, 3.8) is 0 Å². The van der Waals surface area contributed by atoms with E-state index < -0.39 is 0 Å². The number of hydrogen-bond donors (Lipinski definition) is 0. The minimum Gasteiger partial charge on any atom is -0.490 e. The van der Waals surface area contributed by atoms with Gasteiger partial charge in [-0.2, -0.15) is 0 Å². The molecular formula is C42H53IO3. The van der Waals surface area contributed by atoms with Crippen LogP contribution in [0.4, 0.5) is 0 Å². The largest absolute Gasteiger partial charge is 0.490 e. The Hall–Kier alpha value is -2.60. The first-order valence-electron chi connectivity index (χ1n) is 17.3. The summed E-state index contributed by atoms with van der Waals surface area (Å²) in [6, 6.07) is 22.9. The molecule has 4 heteroatoms. The van der Waals surface area contributed by atoms with Gasteiger partial charge in [-0.25, -0.2) is 0 Å². The van der Waals surface area contributed by atoms with Crippen molar-refractivity contribution in [1.82, 2.24) is 0 Å². The van der Waals surface area contributed by atoms with E-state index in [0.29, 0.717) is 23.0 Å². The molecule has 0 aliphatic heterocycles. The van der Waals surface area contributed by atoms with Gasteiger partial charge in [-0.15, -0.1) is 0 Å². The Morgan fingerprint density at radius 1 is 0.630 bits per heavy atom. The van der Waals surface area contributed by atoms with Crippen LogP contribution in [0, 0.1) is 33.2 Å². The van der Waals surface area contributed by atoms with Gasteiger partial charge in [-0.05, 0) is 161 Å². The second-order valence-corrected chi connectivity index (χ2v) is 17.0. The van der Waals surface area contributed by atoms with Crippen LogP contribution in [0.3, 0.4) is 0 Å². The van der Waals surface area contributed by atoms with E-state index in [-0.39, 0.29) is 0 Å². The summed E-state index contributed by atoms with van der Waals surface area (Å²) >= 11 is 2.41. The maximum absolute atomic E-state index is 11.0. The Morgan fingerprint density at radius 2 is 1.13 bits per heavy atom. The average molecular weight is 733 g/mol. The van der Waals surface area contributed by atoms with E-state index in [9.17, 15) is 4.79 Å². The van der Waals surface area contributed by atoms with Gasteiger partial charge in [-0.1, -0.05) is 77.9 Å². The molecule has 0 atom stereocenters. The highest BCUT2D eigenvalue weighted by Gasteiger charge is 2.31. The lowest BCUT2D eigenvalue weighted by atomic mass is 9.72. The first-order valence-corrected chi connectivity index (χ1v) is 18.4. The topological polar surface area (TPSA) is 35.5 Å². The number of benzene rings is 4. The number of hydrogen-bond acceptors (Lipinski definition) is 3. The summed E-state index contributed by atoms with van der Waals surface area (Å²) in [6.07, 6.45) is 11.4. The Bertz CT molecular complexity index is 1630. The summed E-state index contributed by atoms with van der Waals surface area (Å²) in [7, 11) is 0. The fraction of sp³-hybridized carbons (Fsp3) is 0.500. The Morgan fingerprint density at radius 3 is 1.65 bits per heavy atom. The third-order valence-electron chi connectivity index (χ3n) is 10.5. The number of aryl methyl sites for hydroxylation is 1. The molecule has 0 saturated heterocycles. The van der Waals surface area contributed by atoms with E-state index in [2.05, 4.69) is 120 Å². The molecular weight excluding hydrogens is 679 g/mol. The fourth-order valence-electron chi connectivity index (χ4n) is 7.45. The number of rotatable bonds is 5. The molecule has 0 bridgehead atoms. The van der Waals surface area contributed by atoms with E-state index in [1.54, 1.807) is 0 Å². The van der Waals surface area contributed by atoms with Crippen molar-refractivity contribution < 1.29 is 14.3 Å². The molecule has 4 aromatic carbocycles. The SMILES string of the molecule is CC(C)(C)C1CCC(Oc2cc(I)c3ccccc3c2)CC1.Cc1cc(OC2CCC(C(C)(C)C)CC2)cc2ccc(C=O)cc12. The monoisotopic (exact) mass is 732 g/mol. The predicted molar refractivity (Wildman–Crippen MR) is 202 cm³/mol. The highest BCUT2D eigenvalue weighted by atomic mass is 127. The molecule has 4 aromatic rings. The van der Waals surface area contributed by atoms with E-state index >= 15 is 0 Å². The predicted octanol–water partition coefficient (Wildman–Crippen LogP) is 12.4. The number of aldehydes is 1. The van der Waals surface area contributed by atoms with Gasteiger partial charge in [0.25, 0.3) is 0 Å². The van der Waals surface area contributed by atoms with Crippen LogP contribution >= 0.6 is 22.6 Å². The van der Waals surface area contributed by atoms with Crippen molar-refractivity contribution >= 4 is 50.4 Å². The van der Waals surface area contributed by atoms with Gasteiger partial charge in [0.2, 0.25) is 0 Å². The van der Waals surface area contributed by atoms with Gasteiger partial charge in [0.1, 0.15) is 17.8 Å². The second-order valence-electron chi connectivity index (χ2n) is 15.9. The molecule has 2 fully saturated rings. The molecule has 0 heterocycles. The molecule has 0 aromatic heterocycles.